The highest BCUT2D eigenvalue weighted by atomic mass is 16.7. The van der Waals surface area contributed by atoms with Gasteiger partial charge in [0, 0.05) is 41.7 Å². The number of carbonyl (C=O) groups is 1. The summed E-state index contributed by atoms with van der Waals surface area (Å²) in [5.74, 6) is 2.04. The average molecular weight is 1020 g/mol. The molecule has 13 heteroatoms. The first kappa shape index (κ1) is 53.2. The Morgan fingerprint density at radius 2 is 1.07 bits per heavy atom. The molecule has 75 heavy (non-hydrogen) atoms. The molecular weight excluding hydrogens is 949 g/mol. The van der Waals surface area contributed by atoms with Crippen LogP contribution in [0.5, 0.6) is 34.5 Å². The smallest absolute Gasteiger partial charge is 0.306 e. The average Bonchev–Trinajstić information content (AvgIpc) is 4.23. The van der Waals surface area contributed by atoms with Crippen LogP contribution in [0.1, 0.15) is 146 Å². The van der Waals surface area contributed by atoms with Gasteiger partial charge in [0.25, 0.3) is 0 Å². The Bertz CT molecular complexity index is 3030. The fourth-order valence-electron chi connectivity index (χ4n) is 11.8. The number of fused-ring (bicyclic) bond motifs is 4. The molecule has 4 N–H and O–H groups in total. The molecular formula is C62H72N2O11. The number of aliphatic carboxylic acids is 1. The van der Waals surface area contributed by atoms with Crippen molar-refractivity contribution in [3.05, 3.63) is 164 Å². The number of hydrogen-bond donors (Lipinski definition) is 4. The second-order valence-electron chi connectivity index (χ2n) is 21.0. The molecule has 0 saturated heterocycles. The number of ether oxygens (including phenoxy) is 6. The summed E-state index contributed by atoms with van der Waals surface area (Å²) in [4.78, 5) is 22.0. The van der Waals surface area contributed by atoms with Gasteiger partial charge in [0.2, 0.25) is 13.6 Å². The molecule has 0 spiro atoms. The van der Waals surface area contributed by atoms with Crippen LogP contribution in [-0.2, 0) is 41.7 Å². The lowest BCUT2D eigenvalue weighted by atomic mass is 9.76. The molecule has 0 radical (unpaired) electrons. The standard InChI is InChI=1S/C31H35NO6.C31H37NO5/c1-5-6-7-22-9-11-24-28(20-8-13-26-27(16-20)38-17-37-26)19(3)31(35,29(24)32-22)25-12-10-23(36-4)15-21(25)14-18(2)30(33)34;1-5-6-7-23-9-11-25-29(21-8-13-27-28(16-21)37-18-36-27)20(3)31(34,30(25)32-23)26-12-10-24(35-4)15-22(26)14-19(2)17-33/h8-13,15-16,18-19,28,35H,5-7,14,17H2,1-4H3,(H,33,34);8-13,15-16,19-20,29,33-34H,5-7,14,17-18H2,1-4H3/t18-,19+,28?,31?;19-,20+,29?,31?/m00/s1. The zero-order valence-corrected chi connectivity index (χ0v) is 44.5. The van der Waals surface area contributed by atoms with Crippen LogP contribution in [0.3, 0.4) is 0 Å². The summed E-state index contributed by atoms with van der Waals surface area (Å²) >= 11 is 0. The van der Waals surface area contributed by atoms with E-state index in [1.807, 2.05) is 80.6 Å². The van der Waals surface area contributed by atoms with E-state index in [2.05, 4.69) is 51.1 Å². The van der Waals surface area contributed by atoms with Gasteiger partial charge in [-0.25, -0.2) is 0 Å². The molecule has 0 saturated carbocycles. The molecule has 4 unspecified atom stereocenters. The van der Waals surface area contributed by atoms with E-state index in [-0.39, 0.29) is 56.2 Å². The molecule has 10 rings (SSSR count). The molecule has 0 amide bonds. The van der Waals surface area contributed by atoms with Crippen LogP contribution in [-0.4, -0.2) is 70.8 Å². The van der Waals surface area contributed by atoms with E-state index in [0.717, 1.165) is 112 Å². The third-order valence-corrected chi connectivity index (χ3v) is 16.0. The van der Waals surface area contributed by atoms with E-state index in [0.29, 0.717) is 34.9 Å². The van der Waals surface area contributed by atoms with E-state index in [1.54, 1.807) is 21.1 Å². The number of rotatable bonds is 18. The first-order valence-corrected chi connectivity index (χ1v) is 26.6. The van der Waals surface area contributed by atoms with Gasteiger partial charge in [-0.15, -0.1) is 0 Å². The van der Waals surface area contributed by atoms with Crippen LogP contribution in [0.25, 0.3) is 0 Å². The first-order valence-electron chi connectivity index (χ1n) is 26.6. The second kappa shape index (κ2) is 22.3. The van der Waals surface area contributed by atoms with Crippen molar-refractivity contribution in [1.29, 1.82) is 0 Å². The Balaban J connectivity index is 0.000000184. The maximum Gasteiger partial charge on any atom is 0.306 e. The van der Waals surface area contributed by atoms with Gasteiger partial charge in [-0.1, -0.05) is 90.8 Å². The number of aliphatic hydroxyl groups is 3. The lowest BCUT2D eigenvalue weighted by Crippen LogP contribution is -2.35. The van der Waals surface area contributed by atoms with Crippen LogP contribution in [0.15, 0.2) is 97.1 Å². The maximum atomic E-state index is 12.8. The lowest BCUT2D eigenvalue weighted by Gasteiger charge is -2.33. The van der Waals surface area contributed by atoms with Crippen LogP contribution < -0.4 is 28.4 Å². The van der Waals surface area contributed by atoms with Crippen LogP contribution >= 0.6 is 0 Å². The largest absolute Gasteiger partial charge is 0.497 e. The zero-order valence-electron chi connectivity index (χ0n) is 44.5. The minimum absolute atomic E-state index is 0.0409. The third-order valence-electron chi connectivity index (χ3n) is 16.0. The number of hydrogen-bond acceptors (Lipinski definition) is 12. The number of carboxylic acids is 1. The molecule has 2 aliphatic heterocycles. The molecule has 6 aromatic rings. The van der Waals surface area contributed by atoms with Gasteiger partial charge in [0.15, 0.2) is 23.0 Å². The van der Waals surface area contributed by atoms with Gasteiger partial charge in [0.1, 0.15) is 22.7 Å². The molecule has 4 heterocycles. The number of aromatic nitrogens is 2. The van der Waals surface area contributed by atoms with Gasteiger partial charge >= 0.3 is 5.97 Å². The summed E-state index contributed by atoms with van der Waals surface area (Å²) in [6.45, 7) is 12.6. The molecule has 4 aliphatic rings. The molecule has 8 atom stereocenters. The number of unbranched alkanes of at least 4 members (excludes halogenated alkanes) is 2. The van der Waals surface area contributed by atoms with E-state index < -0.39 is 23.1 Å². The Labute approximate surface area is 440 Å². The molecule has 0 bridgehead atoms. The molecule has 0 fully saturated rings. The van der Waals surface area contributed by atoms with Crippen molar-refractivity contribution in [2.24, 2.45) is 23.7 Å². The molecule has 13 nitrogen and oxygen atoms in total. The Hall–Kier alpha value is -6.67. The fourth-order valence-corrected chi connectivity index (χ4v) is 11.8. The highest BCUT2D eigenvalue weighted by molar-refractivity contribution is 5.70. The SMILES string of the molecule is CCCCc1ccc2c(n1)C(O)(c1ccc(OC)cc1C[C@H](C)C(=O)O)[C@H](C)C2c1ccc2c(c1)OCO2.CCCCc1ccc2c(n1)C(O)(c1ccc(OC)cc1C[C@H](C)CO)[C@H](C)C2c1ccc2c(c1)OCO2. The van der Waals surface area contributed by atoms with E-state index >= 15 is 0 Å². The van der Waals surface area contributed by atoms with Gasteiger partial charge in [-0.3, -0.25) is 14.8 Å². The third kappa shape index (κ3) is 10.0. The number of benzene rings is 4. The zero-order chi connectivity index (χ0) is 53.2. The number of aryl methyl sites for hydroxylation is 2. The Morgan fingerprint density at radius 3 is 1.48 bits per heavy atom. The van der Waals surface area contributed by atoms with Crippen LogP contribution in [0.2, 0.25) is 0 Å². The predicted molar refractivity (Wildman–Crippen MR) is 285 cm³/mol. The summed E-state index contributed by atoms with van der Waals surface area (Å²) in [5, 5.41) is 45.0. The molecule has 396 valence electrons. The normalized spacial score (nSPS) is 22.4. The van der Waals surface area contributed by atoms with Gasteiger partial charge in [0.05, 0.1) is 31.5 Å². The highest BCUT2D eigenvalue weighted by Gasteiger charge is 2.54. The summed E-state index contributed by atoms with van der Waals surface area (Å²) in [5.41, 5.74) is 7.83. The summed E-state index contributed by atoms with van der Waals surface area (Å²) in [7, 11) is 3.23. The van der Waals surface area contributed by atoms with Crippen LogP contribution in [0, 0.1) is 23.7 Å². The number of methoxy groups -OCH3 is 2. The fraction of sp³-hybridized carbons (Fsp3) is 0.435. The quantitative estimate of drug-likeness (QED) is 0.0640. The number of nitrogens with zero attached hydrogens (tertiary/aromatic N) is 2. The minimum atomic E-state index is -1.43. The number of aliphatic hydroxyl groups excluding tert-OH is 1. The van der Waals surface area contributed by atoms with Crippen molar-refractivity contribution in [2.45, 2.75) is 116 Å². The number of pyridine rings is 2. The monoisotopic (exact) mass is 1020 g/mol. The predicted octanol–water partition coefficient (Wildman–Crippen LogP) is 10.8. The Kier molecular flexibility index (Phi) is 15.8. The van der Waals surface area contributed by atoms with Gasteiger partial charge in [-0.2, -0.15) is 0 Å². The highest BCUT2D eigenvalue weighted by Crippen LogP contribution is 2.58. The topological polar surface area (TPSA) is 179 Å². The van der Waals surface area contributed by atoms with E-state index in [1.165, 1.54) is 0 Å². The van der Waals surface area contributed by atoms with Gasteiger partial charge in [-0.05, 0) is 150 Å². The first-order chi connectivity index (χ1) is 36.2. The summed E-state index contributed by atoms with van der Waals surface area (Å²) < 4.78 is 33.4. The second-order valence-corrected chi connectivity index (χ2v) is 21.0. The Morgan fingerprint density at radius 1 is 0.627 bits per heavy atom. The van der Waals surface area contributed by atoms with E-state index in [4.69, 9.17) is 38.4 Å². The lowest BCUT2D eigenvalue weighted by molar-refractivity contribution is -0.141. The summed E-state index contributed by atoms with van der Waals surface area (Å²) in [6.07, 6.45) is 6.78. The number of carboxylic acid groups (broad SMARTS) is 1. The van der Waals surface area contributed by atoms with Crippen molar-refractivity contribution in [3.8, 4) is 34.5 Å². The summed E-state index contributed by atoms with van der Waals surface area (Å²) in [6, 6.07) is 31.8. The molecule has 2 aromatic heterocycles. The maximum absolute atomic E-state index is 12.8. The minimum Gasteiger partial charge on any atom is -0.497 e. The molecule has 2 aliphatic carbocycles. The van der Waals surface area contributed by atoms with Crippen LogP contribution in [0.4, 0.5) is 0 Å². The molecule has 4 aromatic carbocycles. The van der Waals surface area contributed by atoms with E-state index in [9.17, 15) is 25.2 Å². The van der Waals surface area contributed by atoms with Crippen molar-refractivity contribution < 1.29 is 53.6 Å². The van der Waals surface area contributed by atoms with Crippen molar-refractivity contribution >= 4 is 5.97 Å². The van der Waals surface area contributed by atoms with Crippen molar-refractivity contribution in [2.75, 3.05) is 34.4 Å². The van der Waals surface area contributed by atoms with Gasteiger partial charge < -0.3 is 48.8 Å². The van der Waals surface area contributed by atoms with Crippen molar-refractivity contribution in [1.82, 2.24) is 9.97 Å². The van der Waals surface area contributed by atoms with Crippen molar-refractivity contribution in [3.63, 3.8) is 0 Å².